The molecule has 1 aliphatic rings. The maximum absolute atomic E-state index is 12.5. The van der Waals surface area contributed by atoms with Crippen LogP contribution in [0.3, 0.4) is 0 Å². The summed E-state index contributed by atoms with van der Waals surface area (Å²) in [5.41, 5.74) is 2.34. The first-order chi connectivity index (χ1) is 12.1. The van der Waals surface area contributed by atoms with Crippen LogP contribution in [-0.2, 0) is 13.7 Å². The van der Waals surface area contributed by atoms with Crippen molar-refractivity contribution >= 4 is 17.5 Å². The third kappa shape index (κ3) is 2.57. The van der Waals surface area contributed by atoms with Crippen LogP contribution in [0, 0.1) is 0 Å². The normalized spacial score (nSPS) is 13.2. The van der Waals surface area contributed by atoms with E-state index < -0.39 is 0 Å². The SMILES string of the molecule is Cn1nccc1COc1ccc(N2C(=O)c3ccccc3C2=O)cc1. The van der Waals surface area contributed by atoms with E-state index >= 15 is 0 Å². The van der Waals surface area contributed by atoms with Crippen molar-refractivity contribution < 1.29 is 14.3 Å². The van der Waals surface area contributed by atoms with Gasteiger partial charge in [0.1, 0.15) is 12.4 Å². The fourth-order valence-corrected chi connectivity index (χ4v) is 2.82. The summed E-state index contributed by atoms with van der Waals surface area (Å²) in [6, 6.07) is 15.6. The standard InChI is InChI=1S/C19H15N3O3/c1-21-14(10-11-20-21)12-25-15-8-6-13(7-9-15)22-18(23)16-4-2-3-5-17(16)19(22)24/h2-11H,12H2,1H3. The summed E-state index contributed by atoms with van der Waals surface area (Å²) in [5, 5.41) is 4.09. The van der Waals surface area contributed by atoms with Crippen molar-refractivity contribution in [2.75, 3.05) is 4.90 Å². The first-order valence-corrected chi connectivity index (χ1v) is 7.83. The molecule has 4 rings (SSSR count). The maximum Gasteiger partial charge on any atom is 0.266 e. The van der Waals surface area contributed by atoms with Gasteiger partial charge in [0.2, 0.25) is 0 Å². The monoisotopic (exact) mass is 333 g/mol. The van der Waals surface area contributed by atoms with Crippen molar-refractivity contribution in [3.05, 3.63) is 77.6 Å². The topological polar surface area (TPSA) is 64.4 Å². The Labute approximate surface area is 144 Å². The highest BCUT2D eigenvalue weighted by molar-refractivity contribution is 6.34. The molecule has 2 heterocycles. The molecule has 6 nitrogen and oxygen atoms in total. The predicted molar refractivity (Wildman–Crippen MR) is 91.6 cm³/mol. The van der Waals surface area contributed by atoms with E-state index in [0.717, 1.165) is 5.69 Å². The second-order valence-electron chi connectivity index (χ2n) is 5.72. The van der Waals surface area contributed by atoms with Crippen molar-refractivity contribution in [3.63, 3.8) is 0 Å². The Hall–Kier alpha value is -3.41. The number of anilines is 1. The molecule has 0 aliphatic carbocycles. The molecule has 0 spiro atoms. The van der Waals surface area contributed by atoms with Gasteiger partial charge >= 0.3 is 0 Å². The second-order valence-corrected chi connectivity index (χ2v) is 5.72. The van der Waals surface area contributed by atoms with Gasteiger partial charge < -0.3 is 4.74 Å². The molecule has 6 heteroatoms. The van der Waals surface area contributed by atoms with Crippen LogP contribution in [0.15, 0.2) is 60.8 Å². The third-order valence-corrected chi connectivity index (χ3v) is 4.20. The zero-order valence-corrected chi connectivity index (χ0v) is 13.5. The van der Waals surface area contributed by atoms with Gasteiger partial charge in [0, 0.05) is 13.2 Å². The van der Waals surface area contributed by atoms with Crippen LogP contribution in [0.2, 0.25) is 0 Å². The number of amides is 2. The van der Waals surface area contributed by atoms with Gasteiger partial charge in [0.05, 0.1) is 22.5 Å². The zero-order valence-electron chi connectivity index (χ0n) is 13.5. The molecule has 124 valence electrons. The Kier molecular flexibility index (Phi) is 3.57. The van der Waals surface area contributed by atoms with E-state index in [4.69, 9.17) is 4.74 Å². The van der Waals surface area contributed by atoms with Gasteiger partial charge in [-0.2, -0.15) is 5.10 Å². The number of benzene rings is 2. The van der Waals surface area contributed by atoms with E-state index in [0.29, 0.717) is 29.2 Å². The molecule has 25 heavy (non-hydrogen) atoms. The van der Waals surface area contributed by atoms with E-state index in [1.54, 1.807) is 59.4 Å². The summed E-state index contributed by atoms with van der Waals surface area (Å²) in [6.45, 7) is 0.392. The Morgan fingerprint density at radius 3 is 2.12 bits per heavy atom. The Morgan fingerprint density at radius 1 is 0.920 bits per heavy atom. The molecule has 0 bridgehead atoms. The van der Waals surface area contributed by atoms with Crippen molar-refractivity contribution in [1.29, 1.82) is 0 Å². The highest BCUT2D eigenvalue weighted by Crippen LogP contribution is 2.29. The van der Waals surface area contributed by atoms with E-state index in [9.17, 15) is 9.59 Å². The number of ether oxygens (including phenoxy) is 1. The lowest BCUT2D eigenvalue weighted by atomic mass is 10.1. The highest BCUT2D eigenvalue weighted by atomic mass is 16.5. The number of hydrogen-bond donors (Lipinski definition) is 0. The van der Waals surface area contributed by atoms with Crippen LogP contribution < -0.4 is 9.64 Å². The van der Waals surface area contributed by atoms with Crippen LogP contribution >= 0.6 is 0 Å². The molecule has 3 aromatic rings. The summed E-state index contributed by atoms with van der Waals surface area (Å²) < 4.78 is 7.46. The number of carbonyl (C=O) groups excluding carboxylic acids is 2. The molecule has 0 N–H and O–H groups in total. The first-order valence-electron chi connectivity index (χ1n) is 7.83. The first kappa shape index (κ1) is 15.1. The van der Waals surface area contributed by atoms with Crippen molar-refractivity contribution in [1.82, 2.24) is 9.78 Å². The van der Waals surface area contributed by atoms with E-state index in [2.05, 4.69) is 5.10 Å². The van der Waals surface area contributed by atoms with E-state index in [1.807, 2.05) is 13.1 Å². The van der Waals surface area contributed by atoms with Crippen LogP contribution in [0.4, 0.5) is 5.69 Å². The quantitative estimate of drug-likeness (QED) is 0.689. The summed E-state index contributed by atoms with van der Waals surface area (Å²) in [4.78, 5) is 26.1. The molecular weight excluding hydrogens is 318 g/mol. The van der Waals surface area contributed by atoms with Gasteiger partial charge in [-0.05, 0) is 42.5 Å². The minimum Gasteiger partial charge on any atom is -0.487 e. The largest absolute Gasteiger partial charge is 0.487 e. The number of aryl methyl sites for hydroxylation is 1. The molecule has 0 radical (unpaired) electrons. The number of fused-ring (bicyclic) bond motifs is 1. The lowest BCUT2D eigenvalue weighted by Crippen LogP contribution is -2.29. The van der Waals surface area contributed by atoms with Crippen LogP contribution in [0.1, 0.15) is 26.4 Å². The number of rotatable bonds is 4. The van der Waals surface area contributed by atoms with Gasteiger partial charge in [0.25, 0.3) is 11.8 Å². The molecular formula is C19H15N3O3. The molecule has 2 amide bonds. The van der Waals surface area contributed by atoms with Crippen molar-refractivity contribution in [3.8, 4) is 5.75 Å². The third-order valence-electron chi connectivity index (χ3n) is 4.20. The minimum atomic E-state index is -0.302. The molecule has 0 atom stereocenters. The van der Waals surface area contributed by atoms with Crippen molar-refractivity contribution in [2.45, 2.75) is 6.61 Å². The number of hydrogen-bond acceptors (Lipinski definition) is 4. The van der Waals surface area contributed by atoms with Crippen LogP contribution in [0.5, 0.6) is 5.75 Å². The Morgan fingerprint density at radius 2 is 1.56 bits per heavy atom. The van der Waals surface area contributed by atoms with Gasteiger partial charge in [-0.15, -0.1) is 0 Å². The fraction of sp³-hybridized carbons (Fsp3) is 0.105. The molecule has 0 saturated carbocycles. The van der Waals surface area contributed by atoms with Crippen LogP contribution in [-0.4, -0.2) is 21.6 Å². The average molecular weight is 333 g/mol. The van der Waals surface area contributed by atoms with Crippen LogP contribution in [0.25, 0.3) is 0 Å². The van der Waals surface area contributed by atoms with Gasteiger partial charge in [-0.1, -0.05) is 12.1 Å². The van der Waals surface area contributed by atoms with Gasteiger partial charge in [0.15, 0.2) is 0 Å². The van der Waals surface area contributed by atoms with E-state index in [1.165, 1.54) is 4.90 Å². The highest BCUT2D eigenvalue weighted by Gasteiger charge is 2.36. The summed E-state index contributed by atoms with van der Waals surface area (Å²) in [5.74, 6) is 0.0508. The summed E-state index contributed by atoms with van der Waals surface area (Å²) >= 11 is 0. The second kappa shape index (κ2) is 5.90. The number of imide groups is 1. The van der Waals surface area contributed by atoms with E-state index in [-0.39, 0.29) is 11.8 Å². The van der Waals surface area contributed by atoms with Gasteiger partial charge in [-0.3, -0.25) is 14.3 Å². The summed E-state index contributed by atoms with van der Waals surface area (Å²) in [6.07, 6.45) is 1.71. The van der Waals surface area contributed by atoms with Gasteiger partial charge in [-0.25, -0.2) is 4.90 Å². The number of nitrogens with zero attached hydrogens (tertiary/aromatic N) is 3. The Bertz CT molecular complexity index is 925. The molecule has 1 aliphatic heterocycles. The average Bonchev–Trinajstić information content (AvgIpc) is 3.16. The van der Waals surface area contributed by atoms with Crippen molar-refractivity contribution in [2.24, 2.45) is 7.05 Å². The maximum atomic E-state index is 12.5. The lowest BCUT2D eigenvalue weighted by molar-refractivity contribution is 0.0926. The lowest BCUT2D eigenvalue weighted by Gasteiger charge is -2.14. The molecule has 1 aromatic heterocycles. The smallest absolute Gasteiger partial charge is 0.266 e. The predicted octanol–water partition coefficient (Wildman–Crippen LogP) is 2.80. The number of aromatic nitrogens is 2. The Balaban J connectivity index is 1.52. The zero-order chi connectivity index (χ0) is 17.4. The molecule has 0 fully saturated rings. The molecule has 0 saturated heterocycles. The summed E-state index contributed by atoms with van der Waals surface area (Å²) in [7, 11) is 1.85. The number of carbonyl (C=O) groups is 2. The fourth-order valence-electron chi connectivity index (χ4n) is 2.82. The minimum absolute atomic E-state index is 0.302. The molecule has 0 unspecified atom stereocenters. The molecule has 2 aromatic carbocycles.